The highest BCUT2D eigenvalue weighted by atomic mass is 32.1. The normalized spacial score (nSPS) is 13.2. The van der Waals surface area contributed by atoms with E-state index >= 15 is 0 Å². The van der Waals surface area contributed by atoms with Crippen molar-refractivity contribution in [3.05, 3.63) is 16.1 Å². The average Bonchev–Trinajstić information content (AvgIpc) is 2.66. The molecule has 0 saturated heterocycles. The molecule has 0 saturated carbocycles. The van der Waals surface area contributed by atoms with Crippen LogP contribution in [0.15, 0.2) is 5.38 Å². The van der Waals surface area contributed by atoms with Crippen molar-refractivity contribution in [2.45, 2.75) is 39.5 Å². The SMILES string of the molecule is COC(=O)C(c1nc(C(C)C)cs1)C(C)C. The summed E-state index contributed by atoms with van der Waals surface area (Å²) in [6.45, 7) is 8.22. The van der Waals surface area contributed by atoms with Crippen molar-refractivity contribution in [1.29, 1.82) is 0 Å². The maximum absolute atomic E-state index is 11.7. The van der Waals surface area contributed by atoms with E-state index in [2.05, 4.69) is 18.8 Å². The van der Waals surface area contributed by atoms with Crippen molar-refractivity contribution >= 4 is 17.3 Å². The van der Waals surface area contributed by atoms with Crippen LogP contribution in [0.1, 0.15) is 50.2 Å². The molecule has 0 N–H and O–H groups in total. The fourth-order valence-corrected chi connectivity index (χ4v) is 2.73. The topological polar surface area (TPSA) is 39.2 Å². The molecule has 0 fully saturated rings. The predicted octanol–water partition coefficient (Wildman–Crippen LogP) is 3.18. The van der Waals surface area contributed by atoms with Gasteiger partial charge in [0, 0.05) is 5.38 Å². The molecule has 0 aliphatic heterocycles. The molecule has 1 aromatic rings. The van der Waals surface area contributed by atoms with Crippen LogP contribution in [0.5, 0.6) is 0 Å². The first-order valence-corrected chi connectivity index (χ1v) is 6.38. The molecule has 0 aliphatic carbocycles. The summed E-state index contributed by atoms with van der Waals surface area (Å²) in [4.78, 5) is 16.2. The second-order valence-electron chi connectivity index (χ2n) is 4.51. The van der Waals surface area contributed by atoms with Crippen LogP contribution < -0.4 is 0 Å². The van der Waals surface area contributed by atoms with Crippen LogP contribution >= 0.6 is 11.3 Å². The first-order chi connectivity index (χ1) is 7.47. The molecule has 0 radical (unpaired) electrons. The van der Waals surface area contributed by atoms with Crippen LogP contribution in [0.2, 0.25) is 0 Å². The summed E-state index contributed by atoms with van der Waals surface area (Å²) in [5, 5.41) is 2.89. The van der Waals surface area contributed by atoms with Crippen LogP contribution in [0.3, 0.4) is 0 Å². The largest absolute Gasteiger partial charge is 0.468 e. The van der Waals surface area contributed by atoms with E-state index in [0.29, 0.717) is 5.92 Å². The number of aromatic nitrogens is 1. The minimum atomic E-state index is -0.234. The number of hydrogen-bond donors (Lipinski definition) is 0. The lowest BCUT2D eigenvalue weighted by Gasteiger charge is -2.15. The number of ether oxygens (including phenoxy) is 1. The molecule has 0 aliphatic rings. The van der Waals surface area contributed by atoms with Crippen molar-refractivity contribution in [1.82, 2.24) is 4.98 Å². The smallest absolute Gasteiger partial charge is 0.315 e. The van der Waals surface area contributed by atoms with Gasteiger partial charge in [0.1, 0.15) is 10.9 Å². The Bertz CT molecular complexity index is 358. The second kappa shape index (κ2) is 5.43. The van der Waals surface area contributed by atoms with Crippen molar-refractivity contribution in [2.75, 3.05) is 7.11 Å². The lowest BCUT2D eigenvalue weighted by atomic mass is 9.97. The number of methoxy groups -OCH3 is 1. The van der Waals surface area contributed by atoms with Crippen LogP contribution in [-0.4, -0.2) is 18.1 Å². The number of carbonyl (C=O) groups excluding carboxylic acids is 1. The first kappa shape index (κ1) is 13.2. The van der Waals surface area contributed by atoms with E-state index in [4.69, 9.17) is 4.74 Å². The lowest BCUT2D eigenvalue weighted by Crippen LogP contribution is -2.19. The van der Waals surface area contributed by atoms with Crippen molar-refractivity contribution < 1.29 is 9.53 Å². The number of rotatable bonds is 4. The minimum absolute atomic E-state index is 0.195. The molecule has 1 heterocycles. The number of esters is 1. The van der Waals surface area contributed by atoms with Crippen LogP contribution in [-0.2, 0) is 9.53 Å². The number of nitrogens with zero attached hydrogens (tertiary/aromatic N) is 1. The Balaban J connectivity index is 2.97. The Morgan fingerprint density at radius 1 is 1.38 bits per heavy atom. The standard InChI is InChI=1S/C12H19NO2S/c1-7(2)9-6-16-11(13-9)10(8(3)4)12(14)15-5/h6-8,10H,1-5H3. The summed E-state index contributed by atoms with van der Waals surface area (Å²) in [6.07, 6.45) is 0. The third-order valence-corrected chi connectivity index (χ3v) is 3.47. The maximum Gasteiger partial charge on any atom is 0.315 e. The molecule has 1 aromatic heterocycles. The summed E-state index contributed by atoms with van der Waals surface area (Å²) in [5.41, 5.74) is 1.05. The molecule has 1 unspecified atom stereocenters. The van der Waals surface area contributed by atoms with Gasteiger partial charge in [0.05, 0.1) is 12.8 Å². The van der Waals surface area contributed by atoms with Crippen molar-refractivity contribution in [3.8, 4) is 0 Å². The van der Waals surface area contributed by atoms with Gasteiger partial charge in [-0.2, -0.15) is 0 Å². The van der Waals surface area contributed by atoms with Gasteiger partial charge in [-0.05, 0) is 11.8 Å². The van der Waals surface area contributed by atoms with Crippen molar-refractivity contribution in [3.63, 3.8) is 0 Å². The third kappa shape index (κ3) is 2.82. The molecule has 90 valence electrons. The van der Waals surface area contributed by atoms with Gasteiger partial charge < -0.3 is 4.74 Å². The summed E-state index contributed by atoms with van der Waals surface area (Å²) in [7, 11) is 1.43. The molecule has 0 amide bonds. The predicted molar refractivity (Wildman–Crippen MR) is 65.8 cm³/mol. The van der Waals surface area contributed by atoms with Gasteiger partial charge in [-0.25, -0.2) is 4.98 Å². The van der Waals surface area contributed by atoms with E-state index in [-0.39, 0.29) is 17.8 Å². The molecular weight excluding hydrogens is 222 g/mol. The Labute approximate surface area is 101 Å². The Morgan fingerprint density at radius 3 is 2.38 bits per heavy atom. The zero-order chi connectivity index (χ0) is 12.3. The van der Waals surface area contributed by atoms with E-state index in [1.807, 2.05) is 19.2 Å². The zero-order valence-corrected chi connectivity index (χ0v) is 11.3. The number of hydrogen-bond acceptors (Lipinski definition) is 4. The zero-order valence-electron chi connectivity index (χ0n) is 10.5. The van der Waals surface area contributed by atoms with E-state index in [9.17, 15) is 4.79 Å². The fraction of sp³-hybridized carbons (Fsp3) is 0.667. The van der Waals surface area contributed by atoms with E-state index < -0.39 is 0 Å². The molecule has 1 rings (SSSR count). The summed E-state index contributed by atoms with van der Waals surface area (Å²) in [5.74, 6) is 0.177. The van der Waals surface area contributed by atoms with Crippen LogP contribution in [0, 0.1) is 5.92 Å². The molecule has 4 heteroatoms. The fourth-order valence-electron chi connectivity index (χ4n) is 1.49. The highest BCUT2D eigenvalue weighted by Crippen LogP contribution is 2.30. The van der Waals surface area contributed by atoms with E-state index in [1.54, 1.807) is 11.3 Å². The van der Waals surface area contributed by atoms with Gasteiger partial charge in [0.2, 0.25) is 0 Å². The molecule has 0 bridgehead atoms. The lowest BCUT2D eigenvalue weighted by molar-refractivity contribution is -0.143. The first-order valence-electron chi connectivity index (χ1n) is 5.50. The van der Waals surface area contributed by atoms with E-state index in [0.717, 1.165) is 10.7 Å². The molecule has 1 atom stereocenters. The second-order valence-corrected chi connectivity index (χ2v) is 5.40. The average molecular weight is 241 g/mol. The highest BCUT2D eigenvalue weighted by Gasteiger charge is 2.28. The van der Waals surface area contributed by atoms with Gasteiger partial charge >= 0.3 is 5.97 Å². The molecule has 16 heavy (non-hydrogen) atoms. The monoisotopic (exact) mass is 241 g/mol. The van der Waals surface area contributed by atoms with Gasteiger partial charge in [-0.1, -0.05) is 27.7 Å². The van der Waals surface area contributed by atoms with Gasteiger partial charge in [-0.3, -0.25) is 4.79 Å². The Kier molecular flexibility index (Phi) is 4.47. The van der Waals surface area contributed by atoms with E-state index in [1.165, 1.54) is 7.11 Å². The summed E-state index contributed by atoms with van der Waals surface area (Å²) in [6, 6.07) is 0. The van der Waals surface area contributed by atoms with Gasteiger partial charge in [0.25, 0.3) is 0 Å². The van der Waals surface area contributed by atoms with Crippen LogP contribution in [0.25, 0.3) is 0 Å². The Morgan fingerprint density at radius 2 is 2.00 bits per heavy atom. The Hall–Kier alpha value is -0.900. The molecular formula is C12H19NO2S. The molecule has 0 aromatic carbocycles. The van der Waals surface area contributed by atoms with Crippen molar-refractivity contribution in [2.24, 2.45) is 5.92 Å². The quantitative estimate of drug-likeness (QED) is 0.760. The summed E-state index contributed by atoms with van der Waals surface area (Å²) >= 11 is 1.55. The maximum atomic E-state index is 11.7. The highest BCUT2D eigenvalue weighted by molar-refractivity contribution is 7.09. The number of carbonyl (C=O) groups is 1. The van der Waals surface area contributed by atoms with Gasteiger partial charge in [-0.15, -0.1) is 11.3 Å². The summed E-state index contributed by atoms with van der Waals surface area (Å²) < 4.78 is 4.83. The minimum Gasteiger partial charge on any atom is -0.468 e. The van der Waals surface area contributed by atoms with Crippen LogP contribution in [0.4, 0.5) is 0 Å². The molecule has 0 spiro atoms. The molecule has 3 nitrogen and oxygen atoms in total. The van der Waals surface area contributed by atoms with Gasteiger partial charge in [0.15, 0.2) is 0 Å². The third-order valence-electron chi connectivity index (χ3n) is 2.52. The number of thiazole rings is 1.